The number of hydrogen-bond acceptors (Lipinski definition) is 5. The maximum Gasteiger partial charge on any atom is 0.291 e. The molecule has 2 aliphatic heterocycles. The second-order valence-corrected chi connectivity index (χ2v) is 8.43. The Morgan fingerprint density at radius 1 is 1.09 bits per heavy atom. The second-order valence-electron chi connectivity index (χ2n) is 7.99. The number of aliphatic hydroxyl groups is 1. The molecule has 1 atom stereocenters. The number of rotatable bonds is 5. The third-order valence-corrected chi connectivity index (χ3v) is 6.42. The Morgan fingerprint density at radius 3 is 2.62 bits per heavy atom. The summed E-state index contributed by atoms with van der Waals surface area (Å²) in [6.45, 7) is 2.33. The number of aliphatic hydroxyl groups excluding tert-OH is 1. The van der Waals surface area contributed by atoms with E-state index in [1.165, 1.54) is 11.0 Å². The number of para-hydroxylation sites is 1. The van der Waals surface area contributed by atoms with Crippen molar-refractivity contribution in [1.29, 1.82) is 0 Å². The topological polar surface area (TPSA) is 91.1 Å². The minimum Gasteiger partial charge on any atom is -0.450 e. The van der Waals surface area contributed by atoms with Crippen LogP contribution in [0.5, 0.6) is 0 Å². The number of anilines is 1. The van der Waals surface area contributed by atoms with Gasteiger partial charge in [-0.05, 0) is 37.1 Å². The van der Waals surface area contributed by atoms with Gasteiger partial charge in [0.25, 0.3) is 11.8 Å². The van der Waals surface area contributed by atoms with Crippen LogP contribution in [0, 0.1) is 0 Å². The van der Waals surface area contributed by atoms with Crippen LogP contribution in [0.4, 0.5) is 5.69 Å². The van der Waals surface area contributed by atoms with Crippen LogP contribution < -0.4 is 10.3 Å². The van der Waals surface area contributed by atoms with E-state index < -0.39 is 16.9 Å². The Bertz CT molecular complexity index is 1330. The summed E-state index contributed by atoms with van der Waals surface area (Å²) >= 11 is 6.13. The summed E-state index contributed by atoms with van der Waals surface area (Å²) in [5.41, 5.74) is -0.604. The molecule has 2 aromatic carbocycles. The van der Waals surface area contributed by atoms with E-state index >= 15 is 0 Å². The van der Waals surface area contributed by atoms with Crippen molar-refractivity contribution in [3.05, 3.63) is 74.6 Å². The Labute approximate surface area is 188 Å². The van der Waals surface area contributed by atoms with E-state index in [0.29, 0.717) is 29.2 Å². The number of nitrogens with zero attached hydrogens (tertiary/aromatic N) is 2. The first-order chi connectivity index (χ1) is 15.5. The molecule has 0 saturated heterocycles. The predicted octanol–water partition coefficient (Wildman–Crippen LogP) is 3.28. The number of hydrogen-bond donors (Lipinski definition) is 1. The van der Waals surface area contributed by atoms with E-state index in [2.05, 4.69) is 0 Å². The van der Waals surface area contributed by atoms with Gasteiger partial charge in [-0.1, -0.05) is 36.7 Å². The third kappa shape index (κ3) is 2.55. The smallest absolute Gasteiger partial charge is 0.291 e. The van der Waals surface area contributed by atoms with Crippen molar-refractivity contribution in [2.24, 2.45) is 0 Å². The van der Waals surface area contributed by atoms with Crippen molar-refractivity contribution in [1.82, 2.24) is 4.90 Å². The van der Waals surface area contributed by atoms with Crippen molar-refractivity contribution in [2.45, 2.75) is 25.3 Å². The van der Waals surface area contributed by atoms with Gasteiger partial charge in [-0.2, -0.15) is 0 Å². The molecule has 32 heavy (non-hydrogen) atoms. The van der Waals surface area contributed by atoms with E-state index in [4.69, 9.17) is 16.0 Å². The molecule has 2 aliphatic rings. The number of carbonyl (C=O) groups excluding carboxylic acids is 2. The standard InChI is InChI=1S/C24H21ClN2O5/c1-2-10-26-17-7-4-3-6-16(17)24(23(26)31)19-20(29)15-13-14(25)8-9-18(15)32-21(19)22(30)27(24)11-5-12-28/h3-4,6-9,13,28H,2,5,10-12H2,1H3. The lowest BCUT2D eigenvalue weighted by Crippen LogP contribution is -2.53. The van der Waals surface area contributed by atoms with Crippen LogP contribution >= 0.6 is 11.6 Å². The molecule has 0 aliphatic carbocycles. The van der Waals surface area contributed by atoms with Crippen LogP contribution in [0.2, 0.25) is 5.02 Å². The molecule has 0 bridgehead atoms. The maximum atomic E-state index is 14.1. The number of fused-ring (bicyclic) bond motifs is 5. The molecule has 1 aromatic heterocycles. The average molecular weight is 453 g/mol. The summed E-state index contributed by atoms with van der Waals surface area (Å²) in [7, 11) is 0. The van der Waals surface area contributed by atoms with E-state index in [9.17, 15) is 19.5 Å². The van der Waals surface area contributed by atoms with Crippen LogP contribution in [0.25, 0.3) is 11.0 Å². The summed E-state index contributed by atoms with van der Waals surface area (Å²) in [6.07, 6.45) is 0.958. The molecule has 164 valence electrons. The van der Waals surface area contributed by atoms with Gasteiger partial charge in [0.15, 0.2) is 11.0 Å². The lowest BCUT2D eigenvalue weighted by molar-refractivity contribution is -0.126. The molecule has 7 nitrogen and oxygen atoms in total. The molecular weight excluding hydrogens is 432 g/mol. The Kier molecular flexibility index (Phi) is 4.83. The van der Waals surface area contributed by atoms with Crippen molar-refractivity contribution in [3.63, 3.8) is 0 Å². The highest BCUT2D eigenvalue weighted by Crippen LogP contribution is 2.52. The first-order valence-corrected chi connectivity index (χ1v) is 11.0. The highest BCUT2D eigenvalue weighted by Gasteiger charge is 2.64. The zero-order valence-electron chi connectivity index (χ0n) is 17.4. The van der Waals surface area contributed by atoms with Crippen LogP contribution in [0.1, 0.15) is 41.4 Å². The molecule has 0 fully saturated rings. The molecule has 2 amide bonds. The summed E-state index contributed by atoms with van der Waals surface area (Å²) in [5, 5.41) is 10.0. The minimum atomic E-state index is -1.63. The molecule has 3 heterocycles. The minimum absolute atomic E-state index is 0.0197. The fourth-order valence-electron chi connectivity index (χ4n) is 4.94. The largest absolute Gasteiger partial charge is 0.450 e. The Morgan fingerprint density at radius 2 is 1.88 bits per heavy atom. The van der Waals surface area contributed by atoms with Crippen molar-refractivity contribution >= 4 is 40.1 Å². The summed E-state index contributed by atoms with van der Waals surface area (Å²) in [4.78, 5) is 44.5. The molecule has 1 unspecified atom stereocenters. The molecule has 0 saturated carbocycles. The van der Waals surface area contributed by atoms with Gasteiger partial charge in [-0.15, -0.1) is 0 Å². The first kappa shape index (κ1) is 20.7. The van der Waals surface area contributed by atoms with Gasteiger partial charge in [0.1, 0.15) is 5.58 Å². The number of carbonyl (C=O) groups is 2. The number of benzene rings is 2. The Balaban J connectivity index is 1.90. The van der Waals surface area contributed by atoms with Gasteiger partial charge in [0.2, 0.25) is 5.76 Å². The van der Waals surface area contributed by atoms with Gasteiger partial charge in [-0.25, -0.2) is 0 Å². The average Bonchev–Trinajstić information content (AvgIpc) is 3.18. The summed E-state index contributed by atoms with van der Waals surface area (Å²) in [6, 6.07) is 11.8. The first-order valence-electron chi connectivity index (χ1n) is 10.6. The maximum absolute atomic E-state index is 14.1. The summed E-state index contributed by atoms with van der Waals surface area (Å²) < 4.78 is 5.92. The van der Waals surface area contributed by atoms with Gasteiger partial charge >= 0.3 is 0 Å². The van der Waals surface area contributed by atoms with E-state index in [0.717, 1.165) is 0 Å². The lowest BCUT2D eigenvalue weighted by atomic mass is 9.84. The molecule has 0 radical (unpaired) electrons. The quantitative estimate of drug-likeness (QED) is 0.641. The highest BCUT2D eigenvalue weighted by atomic mass is 35.5. The molecule has 3 aromatic rings. The van der Waals surface area contributed by atoms with Gasteiger partial charge in [0.05, 0.1) is 16.6 Å². The van der Waals surface area contributed by atoms with Crippen molar-refractivity contribution < 1.29 is 19.1 Å². The number of amides is 2. The molecular formula is C24H21ClN2O5. The number of halogens is 1. The lowest BCUT2D eigenvalue weighted by Gasteiger charge is -2.34. The second kappa shape index (κ2) is 7.46. The van der Waals surface area contributed by atoms with Crippen LogP contribution in [0.3, 0.4) is 0 Å². The molecule has 5 rings (SSSR count). The highest BCUT2D eigenvalue weighted by molar-refractivity contribution is 6.31. The third-order valence-electron chi connectivity index (χ3n) is 6.18. The molecule has 1 N–H and O–H groups in total. The van der Waals surface area contributed by atoms with E-state index in [1.54, 1.807) is 29.2 Å². The fraction of sp³-hybridized carbons (Fsp3) is 0.292. The van der Waals surface area contributed by atoms with Crippen LogP contribution in [-0.2, 0) is 10.3 Å². The zero-order chi connectivity index (χ0) is 22.6. The SMILES string of the molecule is CCCN1C(=O)C2(c3ccccc31)c1c(oc3ccc(Cl)cc3c1=O)C(=O)N2CCCO. The van der Waals surface area contributed by atoms with Gasteiger partial charge < -0.3 is 19.3 Å². The van der Waals surface area contributed by atoms with Crippen molar-refractivity contribution in [3.8, 4) is 0 Å². The van der Waals surface area contributed by atoms with Crippen molar-refractivity contribution in [2.75, 3.05) is 24.6 Å². The van der Waals surface area contributed by atoms with Crippen LogP contribution in [0.15, 0.2) is 51.7 Å². The normalized spacial score (nSPS) is 19.3. The van der Waals surface area contributed by atoms with Gasteiger partial charge in [-0.3, -0.25) is 14.4 Å². The fourth-order valence-corrected chi connectivity index (χ4v) is 5.11. The predicted molar refractivity (Wildman–Crippen MR) is 120 cm³/mol. The Hall–Kier alpha value is -3.16. The van der Waals surface area contributed by atoms with E-state index in [-0.39, 0.29) is 47.8 Å². The van der Waals surface area contributed by atoms with Crippen LogP contribution in [-0.4, -0.2) is 41.5 Å². The monoisotopic (exact) mass is 452 g/mol. The molecule has 1 spiro atoms. The summed E-state index contributed by atoms with van der Waals surface area (Å²) in [5.74, 6) is -1.03. The van der Waals surface area contributed by atoms with Gasteiger partial charge in [0, 0.05) is 30.3 Å². The van der Waals surface area contributed by atoms with E-state index in [1.807, 2.05) is 19.1 Å². The zero-order valence-corrected chi connectivity index (χ0v) is 18.2. The molecule has 8 heteroatoms.